The first-order valence-corrected chi connectivity index (χ1v) is 13.4. The number of methoxy groups -OCH3 is 1. The Bertz CT molecular complexity index is 1520. The predicted molar refractivity (Wildman–Crippen MR) is 148 cm³/mol. The summed E-state index contributed by atoms with van der Waals surface area (Å²) in [6.45, 7) is 4.43. The molecule has 0 radical (unpaired) electrons. The van der Waals surface area contributed by atoms with Crippen LogP contribution in [-0.4, -0.2) is 42.5 Å². The van der Waals surface area contributed by atoms with Gasteiger partial charge in [0.1, 0.15) is 11.3 Å². The van der Waals surface area contributed by atoms with Crippen molar-refractivity contribution in [3.63, 3.8) is 0 Å². The number of carbonyl (C=O) groups is 1. The lowest BCUT2D eigenvalue weighted by atomic mass is 9.96. The molecule has 1 amide bonds. The molecule has 6 nitrogen and oxygen atoms in total. The van der Waals surface area contributed by atoms with Crippen molar-refractivity contribution >= 4 is 16.9 Å². The lowest BCUT2D eigenvalue weighted by Crippen LogP contribution is -2.42. The number of para-hydroxylation sites is 1. The average Bonchev–Trinajstić information content (AvgIpc) is 3.24. The van der Waals surface area contributed by atoms with Gasteiger partial charge in [0, 0.05) is 6.54 Å². The molecule has 2 aliphatic heterocycles. The van der Waals surface area contributed by atoms with Crippen LogP contribution in [0.2, 0.25) is 0 Å². The van der Waals surface area contributed by atoms with Gasteiger partial charge in [-0.1, -0.05) is 60.5 Å². The van der Waals surface area contributed by atoms with Crippen molar-refractivity contribution in [2.75, 3.05) is 26.7 Å². The number of benzene rings is 3. The van der Waals surface area contributed by atoms with E-state index in [1.807, 2.05) is 60.4 Å². The van der Waals surface area contributed by atoms with Crippen LogP contribution in [0.15, 0.2) is 82.0 Å². The molecule has 6 heteroatoms. The molecule has 2 atom stereocenters. The van der Waals surface area contributed by atoms with E-state index in [2.05, 4.69) is 17.0 Å². The fraction of sp³-hybridized carbons (Fsp3) is 0.312. The first kappa shape index (κ1) is 24.4. The van der Waals surface area contributed by atoms with Crippen LogP contribution in [0.1, 0.15) is 64.2 Å². The summed E-state index contributed by atoms with van der Waals surface area (Å²) in [4.78, 5) is 32.2. The minimum atomic E-state index is -0.510. The highest BCUT2D eigenvalue weighted by atomic mass is 16.5. The highest BCUT2D eigenvalue weighted by molar-refractivity contribution is 5.99. The molecule has 1 fully saturated rings. The summed E-state index contributed by atoms with van der Waals surface area (Å²) in [5.41, 5.74) is 3.91. The van der Waals surface area contributed by atoms with Crippen LogP contribution in [0.5, 0.6) is 5.75 Å². The molecule has 6 rings (SSSR count). The Morgan fingerprint density at radius 1 is 0.921 bits per heavy atom. The summed E-state index contributed by atoms with van der Waals surface area (Å²) in [5.74, 6) is 0.727. The molecule has 0 spiro atoms. The van der Waals surface area contributed by atoms with Crippen LogP contribution in [0, 0.1) is 6.92 Å². The van der Waals surface area contributed by atoms with Gasteiger partial charge < -0.3 is 14.1 Å². The van der Waals surface area contributed by atoms with Crippen LogP contribution in [0.25, 0.3) is 11.0 Å². The van der Waals surface area contributed by atoms with E-state index in [-0.39, 0.29) is 23.1 Å². The molecule has 0 aliphatic carbocycles. The van der Waals surface area contributed by atoms with Gasteiger partial charge >= 0.3 is 0 Å². The monoisotopic (exact) mass is 508 g/mol. The Labute approximate surface area is 222 Å². The quantitative estimate of drug-likeness (QED) is 0.325. The fourth-order valence-electron chi connectivity index (χ4n) is 5.92. The summed E-state index contributed by atoms with van der Waals surface area (Å²) < 4.78 is 11.5. The second-order valence-corrected chi connectivity index (χ2v) is 10.3. The van der Waals surface area contributed by atoms with Gasteiger partial charge in [-0.2, -0.15) is 0 Å². The number of ether oxygens (including phenoxy) is 1. The minimum Gasteiger partial charge on any atom is -0.497 e. The van der Waals surface area contributed by atoms with E-state index >= 15 is 0 Å². The molecule has 0 N–H and O–H groups in total. The number of hydrogen-bond donors (Lipinski definition) is 0. The third-order valence-electron chi connectivity index (χ3n) is 7.97. The van der Waals surface area contributed by atoms with E-state index in [0.29, 0.717) is 23.1 Å². The second kappa shape index (κ2) is 10.1. The molecular weight excluding hydrogens is 476 g/mol. The smallest absolute Gasteiger partial charge is 0.290 e. The Balaban J connectivity index is 1.48. The van der Waals surface area contributed by atoms with E-state index in [0.717, 1.165) is 48.4 Å². The minimum absolute atomic E-state index is 0.0167. The highest BCUT2D eigenvalue weighted by Gasteiger charge is 2.44. The fourth-order valence-corrected chi connectivity index (χ4v) is 5.92. The molecule has 0 bridgehead atoms. The zero-order valence-corrected chi connectivity index (χ0v) is 21.9. The number of piperidine rings is 1. The number of amides is 1. The van der Waals surface area contributed by atoms with Crippen LogP contribution < -0.4 is 10.2 Å². The Morgan fingerprint density at radius 2 is 1.63 bits per heavy atom. The largest absolute Gasteiger partial charge is 0.497 e. The Morgan fingerprint density at radius 3 is 2.34 bits per heavy atom. The van der Waals surface area contributed by atoms with Crippen LogP contribution in [0.4, 0.5) is 0 Å². The molecule has 194 valence electrons. The normalized spacial score (nSPS) is 18.5. The first-order valence-electron chi connectivity index (χ1n) is 13.4. The third kappa shape index (κ3) is 4.29. The zero-order valence-electron chi connectivity index (χ0n) is 21.9. The summed E-state index contributed by atoms with van der Waals surface area (Å²) in [7, 11) is 1.66. The molecule has 1 saturated heterocycles. The Hall–Kier alpha value is -3.90. The van der Waals surface area contributed by atoms with Crippen molar-refractivity contribution < 1.29 is 13.9 Å². The van der Waals surface area contributed by atoms with Crippen LogP contribution in [0.3, 0.4) is 0 Å². The van der Waals surface area contributed by atoms with E-state index in [9.17, 15) is 9.59 Å². The molecule has 3 heterocycles. The maximum atomic E-state index is 14.0. The Kier molecular flexibility index (Phi) is 6.50. The van der Waals surface area contributed by atoms with Crippen LogP contribution >= 0.6 is 0 Å². The van der Waals surface area contributed by atoms with Crippen molar-refractivity contribution in [1.82, 2.24) is 9.80 Å². The number of aryl methyl sites for hydroxylation is 1. The standard InChI is InChI=1S/C32H32N2O4/c1-21-10-12-23(13-11-21)29-28-30(35)25-8-4-5-9-27(25)38-31(28)32(36)34(29)20-26(33-18-6-3-7-19-33)22-14-16-24(37-2)17-15-22/h4-5,8-17,26,29H,3,6-7,18-20H2,1-2H3/t26-,29-/m1/s1. The lowest BCUT2D eigenvalue weighted by molar-refractivity contribution is 0.0618. The number of fused-ring (bicyclic) bond motifs is 2. The molecule has 38 heavy (non-hydrogen) atoms. The summed E-state index contributed by atoms with van der Waals surface area (Å²) in [6, 6.07) is 22.9. The van der Waals surface area contributed by atoms with Crippen molar-refractivity contribution in [2.45, 2.75) is 38.3 Å². The molecule has 2 aliphatic rings. The highest BCUT2D eigenvalue weighted by Crippen LogP contribution is 2.40. The van der Waals surface area contributed by atoms with Crippen molar-refractivity contribution in [3.05, 3.63) is 111 Å². The molecule has 0 saturated carbocycles. The van der Waals surface area contributed by atoms with Crippen molar-refractivity contribution in [1.29, 1.82) is 0 Å². The van der Waals surface area contributed by atoms with Gasteiger partial charge in [-0.3, -0.25) is 14.5 Å². The molecule has 4 aromatic rings. The third-order valence-corrected chi connectivity index (χ3v) is 7.97. The van der Waals surface area contributed by atoms with Crippen molar-refractivity contribution in [3.8, 4) is 5.75 Å². The summed E-state index contributed by atoms with van der Waals surface area (Å²) in [5, 5.41) is 0.501. The van der Waals surface area contributed by atoms with Gasteiger partial charge in [-0.15, -0.1) is 0 Å². The van der Waals surface area contributed by atoms with E-state index in [1.165, 1.54) is 6.42 Å². The lowest BCUT2D eigenvalue weighted by Gasteiger charge is -2.38. The van der Waals surface area contributed by atoms with Gasteiger partial charge in [-0.05, 0) is 68.2 Å². The molecule has 1 aromatic heterocycles. The van der Waals surface area contributed by atoms with Gasteiger partial charge in [0.25, 0.3) is 5.91 Å². The number of likely N-dealkylation sites (tertiary alicyclic amines) is 1. The number of rotatable bonds is 6. The van der Waals surface area contributed by atoms with E-state index < -0.39 is 6.04 Å². The zero-order chi connectivity index (χ0) is 26.2. The van der Waals surface area contributed by atoms with Gasteiger partial charge in [-0.25, -0.2) is 0 Å². The molecular formula is C32H32N2O4. The van der Waals surface area contributed by atoms with Crippen molar-refractivity contribution in [2.24, 2.45) is 0 Å². The van der Waals surface area contributed by atoms with Gasteiger partial charge in [0.05, 0.1) is 30.1 Å². The maximum absolute atomic E-state index is 14.0. The molecule has 0 unspecified atom stereocenters. The van der Waals surface area contributed by atoms with Gasteiger partial charge in [0.2, 0.25) is 5.76 Å². The van der Waals surface area contributed by atoms with E-state index in [4.69, 9.17) is 9.15 Å². The number of carbonyl (C=O) groups excluding carboxylic acids is 1. The number of nitrogens with zero attached hydrogens (tertiary/aromatic N) is 2. The average molecular weight is 509 g/mol. The summed E-state index contributed by atoms with van der Waals surface area (Å²) in [6.07, 6.45) is 3.48. The summed E-state index contributed by atoms with van der Waals surface area (Å²) >= 11 is 0. The predicted octanol–water partition coefficient (Wildman–Crippen LogP) is 5.88. The topological polar surface area (TPSA) is 63.0 Å². The number of hydrogen-bond acceptors (Lipinski definition) is 5. The van der Waals surface area contributed by atoms with Gasteiger partial charge in [0.15, 0.2) is 5.43 Å². The van der Waals surface area contributed by atoms with E-state index in [1.54, 1.807) is 19.2 Å². The molecule has 3 aromatic carbocycles. The SMILES string of the molecule is COc1ccc([C@@H](CN2C(=O)c3oc4ccccc4c(=O)c3[C@H]2c2ccc(C)cc2)N2CCCCC2)cc1. The van der Waals surface area contributed by atoms with Crippen LogP contribution in [-0.2, 0) is 0 Å². The second-order valence-electron chi connectivity index (χ2n) is 10.3. The maximum Gasteiger partial charge on any atom is 0.290 e. The first-order chi connectivity index (χ1) is 18.5.